The summed E-state index contributed by atoms with van der Waals surface area (Å²) in [6, 6.07) is 13.4. The average Bonchev–Trinajstić information content (AvgIpc) is 3.76. The first kappa shape index (κ1) is 27.7. The maximum absolute atomic E-state index is 12.4. The lowest BCUT2D eigenvalue weighted by molar-refractivity contribution is -0.129. The maximum Gasteiger partial charge on any atom is 0.405 e. The molecule has 2 unspecified atom stereocenters. The number of ether oxygens (including phenoxy) is 1. The molecular weight excluding hydrogens is 518 g/mol. The Morgan fingerprint density at radius 2 is 1.72 bits per heavy atom. The van der Waals surface area contributed by atoms with Crippen LogP contribution in [0.3, 0.4) is 0 Å². The molecule has 12 heteroatoms. The van der Waals surface area contributed by atoms with Crippen molar-refractivity contribution in [2.24, 2.45) is 11.5 Å². The van der Waals surface area contributed by atoms with Gasteiger partial charge in [0.2, 0.25) is 5.91 Å². The van der Waals surface area contributed by atoms with Gasteiger partial charge >= 0.3 is 6.09 Å². The third-order valence-electron chi connectivity index (χ3n) is 6.79. The van der Waals surface area contributed by atoms with Gasteiger partial charge in [0.1, 0.15) is 28.2 Å². The molecule has 1 aromatic carbocycles. The summed E-state index contributed by atoms with van der Waals surface area (Å²) in [5, 5.41) is 22.7. The fourth-order valence-corrected chi connectivity index (χ4v) is 5.74. The molecule has 0 bridgehead atoms. The Hall–Kier alpha value is -4.29. The SMILES string of the molecule is CC(OC(N)=O)C(=O)NC1CCN(c2nc(SC(C(N)=O)c3ccccc3)c(C#N)c(C3CC3)c2C#N)CC1. The molecule has 1 saturated carbocycles. The Labute approximate surface area is 230 Å². The molecule has 4 rings (SSSR count). The molecule has 2 aliphatic rings. The van der Waals surface area contributed by atoms with Gasteiger partial charge < -0.3 is 26.4 Å². The lowest BCUT2D eigenvalue weighted by Gasteiger charge is -2.34. The summed E-state index contributed by atoms with van der Waals surface area (Å²) in [4.78, 5) is 42.5. The number of nitrogens with one attached hydrogen (secondary N) is 1. The van der Waals surface area contributed by atoms with Crippen molar-refractivity contribution in [3.8, 4) is 12.1 Å². The first-order valence-corrected chi connectivity index (χ1v) is 13.5. The number of nitrogens with two attached hydrogens (primary N) is 2. The van der Waals surface area contributed by atoms with Crippen LogP contribution >= 0.6 is 11.8 Å². The lowest BCUT2D eigenvalue weighted by atomic mass is 9.98. The van der Waals surface area contributed by atoms with Crippen molar-refractivity contribution >= 4 is 35.5 Å². The zero-order chi connectivity index (χ0) is 28.1. The Kier molecular flexibility index (Phi) is 8.57. The second kappa shape index (κ2) is 12.0. The van der Waals surface area contributed by atoms with Gasteiger partial charge in [0.25, 0.3) is 5.91 Å². The van der Waals surface area contributed by atoms with Crippen LogP contribution in [0, 0.1) is 22.7 Å². The second-order valence-electron chi connectivity index (χ2n) is 9.56. The molecule has 2 atom stereocenters. The van der Waals surface area contributed by atoms with Crippen molar-refractivity contribution in [1.82, 2.24) is 10.3 Å². The second-order valence-corrected chi connectivity index (χ2v) is 10.7. The molecule has 2 heterocycles. The predicted octanol–water partition coefficient (Wildman–Crippen LogP) is 2.59. The van der Waals surface area contributed by atoms with Crippen molar-refractivity contribution in [2.45, 2.75) is 60.9 Å². The largest absolute Gasteiger partial charge is 0.437 e. The third kappa shape index (κ3) is 6.41. The molecule has 1 aliphatic heterocycles. The van der Waals surface area contributed by atoms with Crippen molar-refractivity contribution in [3.63, 3.8) is 0 Å². The molecule has 1 aromatic heterocycles. The number of nitriles is 2. The van der Waals surface area contributed by atoms with E-state index in [2.05, 4.69) is 17.5 Å². The molecule has 1 saturated heterocycles. The quantitative estimate of drug-likeness (QED) is 0.396. The molecule has 202 valence electrons. The number of carbonyl (C=O) groups is 3. The van der Waals surface area contributed by atoms with Gasteiger partial charge in [-0.05, 0) is 49.7 Å². The van der Waals surface area contributed by atoms with Crippen LogP contribution in [0.15, 0.2) is 35.4 Å². The fraction of sp³-hybridized carbons (Fsp3) is 0.407. The van der Waals surface area contributed by atoms with Crippen LogP contribution in [-0.4, -0.2) is 48.1 Å². The Balaban J connectivity index is 1.62. The normalized spacial score (nSPS) is 16.8. The zero-order valence-corrected chi connectivity index (χ0v) is 22.2. The summed E-state index contributed by atoms with van der Waals surface area (Å²) in [6.45, 7) is 2.44. The van der Waals surface area contributed by atoms with Gasteiger partial charge in [0, 0.05) is 19.1 Å². The number of aromatic nitrogens is 1. The summed E-state index contributed by atoms with van der Waals surface area (Å²) in [5.41, 5.74) is 12.8. The number of nitrogens with zero attached hydrogens (tertiary/aromatic N) is 4. The zero-order valence-electron chi connectivity index (χ0n) is 21.4. The van der Waals surface area contributed by atoms with Crippen LogP contribution in [0.25, 0.3) is 0 Å². The van der Waals surface area contributed by atoms with Gasteiger partial charge in [-0.3, -0.25) is 9.59 Å². The van der Waals surface area contributed by atoms with Crippen molar-refractivity contribution in [1.29, 1.82) is 10.5 Å². The number of thioether (sulfide) groups is 1. The number of primary amides is 2. The Morgan fingerprint density at radius 3 is 2.26 bits per heavy atom. The summed E-state index contributed by atoms with van der Waals surface area (Å²) >= 11 is 1.12. The van der Waals surface area contributed by atoms with Crippen LogP contribution in [-0.2, 0) is 14.3 Å². The smallest absolute Gasteiger partial charge is 0.405 e. The van der Waals surface area contributed by atoms with E-state index in [1.165, 1.54) is 6.92 Å². The van der Waals surface area contributed by atoms with Crippen LogP contribution in [0.4, 0.5) is 10.6 Å². The van der Waals surface area contributed by atoms with Gasteiger partial charge in [-0.25, -0.2) is 9.78 Å². The van der Waals surface area contributed by atoms with E-state index in [4.69, 9.17) is 21.2 Å². The minimum absolute atomic E-state index is 0.0859. The molecule has 0 radical (unpaired) electrons. The van der Waals surface area contributed by atoms with E-state index in [9.17, 15) is 24.9 Å². The first-order chi connectivity index (χ1) is 18.7. The minimum Gasteiger partial charge on any atom is -0.437 e. The monoisotopic (exact) mass is 547 g/mol. The van der Waals surface area contributed by atoms with Crippen molar-refractivity contribution in [3.05, 3.63) is 52.6 Å². The number of piperidine rings is 1. The summed E-state index contributed by atoms with van der Waals surface area (Å²) in [7, 11) is 0. The van der Waals surface area contributed by atoms with E-state index < -0.39 is 29.3 Å². The first-order valence-electron chi connectivity index (χ1n) is 12.6. The van der Waals surface area contributed by atoms with Crippen LogP contribution in [0.1, 0.15) is 66.0 Å². The maximum atomic E-state index is 12.4. The molecule has 0 spiro atoms. The minimum atomic E-state index is -1.02. The van der Waals surface area contributed by atoms with E-state index in [0.717, 1.165) is 24.6 Å². The molecule has 39 heavy (non-hydrogen) atoms. The Morgan fingerprint density at radius 1 is 1.08 bits per heavy atom. The van der Waals surface area contributed by atoms with Crippen LogP contribution < -0.4 is 21.7 Å². The highest BCUT2D eigenvalue weighted by atomic mass is 32.2. The topological polar surface area (TPSA) is 188 Å². The molecule has 1 aliphatic carbocycles. The summed E-state index contributed by atoms with van der Waals surface area (Å²) in [6.07, 6.45) is 0.847. The van der Waals surface area contributed by atoms with Crippen LogP contribution in [0.2, 0.25) is 0 Å². The lowest BCUT2D eigenvalue weighted by Crippen LogP contribution is -2.48. The molecule has 2 fully saturated rings. The number of amides is 3. The van der Waals surface area contributed by atoms with Crippen molar-refractivity contribution in [2.75, 3.05) is 18.0 Å². The number of rotatable bonds is 9. The van der Waals surface area contributed by atoms with E-state index >= 15 is 0 Å². The highest BCUT2D eigenvalue weighted by molar-refractivity contribution is 8.00. The van der Waals surface area contributed by atoms with E-state index in [1.54, 1.807) is 12.1 Å². The Bertz CT molecular complexity index is 1340. The van der Waals surface area contributed by atoms with Gasteiger partial charge in [0.15, 0.2) is 6.10 Å². The predicted molar refractivity (Wildman–Crippen MR) is 143 cm³/mol. The van der Waals surface area contributed by atoms with E-state index in [1.807, 2.05) is 23.1 Å². The van der Waals surface area contributed by atoms with Gasteiger partial charge in [-0.15, -0.1) is 0 Å². The molecule has 2 aromatic rings. The number of hydrogen-bond acceptors (Lipinski definition) is 9. The number of carbonyl (C=O) groups excluding carboxylic acids is 3. The third-order valence-corrected chi connectivity index (χ3v) is 8.04. The highest BCUT2D eigenvalue weighted by Gasteiger charge is 2.36. The van der Waals surface area contributed by atoms with E-state index in [0.29, 0.717) is 59.0 Å². The molecule has 11 nitrogen and oxygen atoms in total. The molecule has 3 amide bonds. The van der Waals surface area contributed by atoms with Crippen molar-refractivity contribution < 1.29 is 19.1 Å². The number of hydrogen-bond donors (Lipinski definition) is 3. The fourth-order valence-electron chi connectivity index (χ4n) is 4.69. The number of anilines is 1. The standard InChI is InChI=1S/C27H29N7O4S/c1-15(38-27(31)37)25(36)32-18-9-11-34(12-10-18)24-19(13-28)21(16-7-8-16)20(14-29)26(33-24)39-22(23(30)35)17-5-3-2-4-6-17/h2-6,15-16,18,22H,7-12H2,1H3,(H2,30,35)(H2,31,37)(H,32,36). The van der Waals surface area contributed by atoms with Gasteiger partial charge in [-0.1, -0.05) is 42.1 Å². The summed E-state index contributed by atoms with van der Waals surface area (Å²) in [5.74, 6) is -0.438. The molecular formula is C27H29N7O4S. The average molecular weight is 548 g/mol. The van der Waals surface area contributed by atoms with Gasteiger partial charge in [0.05, 0.1) is 11.1 Å². The van der Waals surface area contributed by atoms with E-state index in [-0.39, 0.29) is 12.0 Å². The number of pyridine rings is 1. The summed E-state index contributed by atoms with van der Waals surface area (Å²) < 4.78 is 4.74. The number of benzene rings is 1. The van der Waals surface area contributed by atoms with Crippen LogP contribution in [0.5, 0.6) is 0 Å². The van der Waals surface area contributed by atoms with Gasteiger partial charge in [-0.2, -0.15) is 10.5 Å². The highest BCUT2D eigenvalue weighted by Crippen LogP contribution is 2.48. The molecule has 5 N–H and O–H groups in total.